The van der Waals surface area contributed by atoms with Crippen LogP contribution in [0.15, 0.2) is 41.4 Å². The highest BCUT2D eigenvalue weighted by atomic mass is 16.5. The highest BCUT2D eigenvalue weighted by Gasteiger charge is 2.17. The first kappa shape index (κ1) is 12.4. The Balaban J connectivity index is 2.18. The van der Waals surface area contributed by atoms with Crippen LogP contribution in [-0.2, 0) is 0 Å². The fourth-order valence-corrected chi connectivity index (χ4v) is 2.20. The zero-order chi connectivity index (χ0) is 14.3. The number of carbonyl (C=O) groups is 1. The van der Waals surface area contributed by atoms with E-state index in [1.165, 1.54) is 12.1 Å². The van der Waals surface area contributed by atoms with Gasteiger partial charge < -0.3 is 9.84 Å². The van der Waals surface area contributed by atoms with E-state index < -0.39 is 5.97 Å². The molecule has 0 atom stereocenters. The Hall–Kier alpha value is -2.62. The third kappa shape index (κ3) is 2.05. The maximum Gasteiger partial charge on any atom is 0.335 e. The second-order valence-corrected chi connectivity index (χ2v) is 4.79. The van der Waals surface area contributed by atoms with Crippen molar-refractivity contribution in [2.45, 2.75) is 13.8 Å². The van der Waals surface area contributed by atoms with Gasteiger partial charge in [-0.05, 0) is 49.7 Å². The number of nitrogens with zero attached hydrogens (tertiary/aromatic N) is 1. The van der Waals surface area contributed by atoms with Gasteiger partial charge in [0, 0.05) is 11.3 Å². The number of ether oxygens (including phenoxy) is 1. The minimum absolute atomic E-state index is 0.200. The molecule has 1 aliphatic rings. The molecule has 4 nitrogen and oxygen atoms in total. The van der Waals surface area contributed by atoms with Crippen LogP contribution in [0.3, 0.4) is 0 Å². The highest BCUT2D eigenvalue weighted by molar-refractivity contribution is 6.04. The summed E-state index contributed by atoms with van der Waals surface area (Å²) in [5, 5.41) is 9.04. The van der Waals surface area contributed by atoms with Gasteiger partial charge in [0.2, 0.25) is 0 Å². The summed E-state index contributed by atoms with van der Waals surface area (Å²) >= 11 is 0. The van der Waals surface area contributed by atoms with Gasteiger partial charge in [-0.3, -0.25) is 0 Å². The molecule has 1 heterocycles. The van der Waals surface area contributed by atoms with Crippen molar-refractivity contribution in [3.63, 3.8) is 0 Å². The van der Waals surface area contributed by atoms with Gasteiger partial charge in [-0.1, -0.05) is 6.07 Å². The number of hydrogen-bond donors (Lipinski definition) is 1. The number of fused-ring (bicyclic) bond motifs is 2. The standard InChI is InChI=1S/C16H13NO3/c1-9-3-5-12-10(2)17-13-8-11(16(18)19)4-6-14(13)20-15(12)7-9/h3-8H,1-2H3,(H,18,19). The molecule has 0 fully saturated rings. The number of carboxylic acid groups (broad SMARTS) is 1. The molecule has 0 saturated carbocycles. The molecule has 20 heavy (non-hydrogen) atoms. The van der Waals surface area contributed by atoms with Crippen molar-refractivity contribution in [3.8, 4) is 11.5 Å². The Morgan fingerprint density at radius 1 is 1.10 bits per heavy atom. The van der Waals surface area contributed by atoms with E-state index in [-0.39, 0.29) is 5.56 Å². The van der Waals surface area contributed by atoms with Gasteiger partial charge in [0.1, 0.15) is 11.4 Å². The summed E-state index contributed by atoms with van der Waals surface area (Å²) < 4.78 is 5.88. The number of aryl methyl sites for hydroxylation is 1. The third-order valence-corrected chi connectivity index (χ3v) is 3.24. The van der Waals surface area contributed by atoms with Crippen LogP contribution in [-0.4, -0.2) is 16.8 Å². The largest absolute Gasteiger partial charge is 0.478 e. The fourth-order valence-electron chi connectivity index (χ4n) is 2.20. The number of aliphatic imine (C=N–C) groups is 1. The van der Waals surface area contributed by atoms with E-state index in [2.05, 4.69) is 4.99 Å². The molecular formula is C16H13NO3. The van der Waals surface area contributed by atoms with E-state index in [1.54, 1.807) is 6.07 Å². The summed E-state index contributed by atoms with van der Waals surface area (Å²) in [4.78, 5) is 15.5. The fraction of sp³-hybridized carbons (Fsp3) is 0.125. The Morgan fingerprint density at radius 2 is 1.90 bits per heavy atom. The molecule has 100 valence electrons. The monoisotopic (exact) mass is 267 g/mol. The summed E-state index contributed by atoms with van der Waals surface area (Å²) in [6.45, 7) is 3.88. The van der Waals surface area contributed by atoms with Gasteiger partial charge in [-0.15, -0.1) is 0 Å². The average molecular weight is 267 g/mol. The molecule has 0 unspecified atom stereocenters. The van der Waals surface area contributed by atoms with Gasteiger partial charge in [-0.2, -0.15) is 0 Å². The second kappa shape index (κ2) is 4.49. The van der Waals surface area contributed by atoms with Gasteiger partial charge in [0.05, 0.1) is 5.56 Å². The lowest BCUT2D eigenvalue weighted by Gasteiger charge is -2.09. The summed E-state index contributed by atoms with van der Waals surface area (Å²) in [6, 6.07) is 10.6. The molecular weight excluding hydrogens is 254 g/mol. The van der Waals surface area contributed by atoms with E-state index >= 15 is 0 Å². The lowest BCUT2D eigenvalue weighted by molar-refractivity contribution is 0.0697. The molecule has 2 aromatic carbocycles. The summed E-state index contributed by atoms with van der Waals surface area (Å²) in [6.07, 6.45) is 0. The van der Waals surface area contributed by atoms with E-state index in [4.69, 9.17) is 9.84 Å². The molecule has 0 aliphatic carbocycles. The molecule has 0 amide bonds. The Labute approximate surface area is 116 Å². The zero-order valence-corrected chi connectivity index (χ0v) is 11.2. The minimum Gasteiger partial charge on any atom is -0.478 e. The van der Waals surface area contributed by atoms with Crippen LogP contribution in [0.25, 0.3) is 0 Å². The quantitative estimate of drug-likeness (QED) is 0.851. The molecule has 0 bridgehead atoms. The first-order valence-electron chi connectivity index (χ1n) is 6.26. The average Bonchev–Trinajstić information content (AvgIpc) is 2.53. The van der Waals surface area contributed by atoms with Crippen LogP contribution in [0.4, 0.5) is 5.69 Å². The molecule has 0 saturated heterocycles. The van der Waals surface area contributed by atoms with Crippen LogP contribution in [0.1, 0.15) is 28.4 Å². The molecule has 3 rings (SSSR count). The van der Waals surface area contributed by atoms with E-state index in [0.717, 1.165) is 22.6 Å². The molecule has 0 aromatic heterocycles. The van der Waals surface area contributed by atoms with Crippen molar-refractivity contribution in [2.75, 3.05) is 0 Å². The number of carboxylic acids is 1. The number of aromatic carboxylic acids is 1. The van der Waals surface area contributed by atoms with Crippen molar-refractivity contribution < 1.29 is 14.6 Å². The van der Waals surface area contributed by atoms with Gasteiger partial charge in [-0.25, -0.2) is 9.79 Å². The topological polar surface area (TPSA) is 58.9 Å². The van der Waals surface area contributed by atoms with Gasteiger partial charge in [0.25, 0.3) is 0 Å². The van der Waals surface area contributed by atoms with E-state index in [0.29, 0.717) is 11.4 Å². The summed E-state index contributed by atoms with van der Waals surface area (Å²) in [5.41, 5.74) is 3.56. The normalized spacial score (nSPS) is 12.6. The van der Waals surface area contributed by atoms with Gasteiger partial charge >= 0.3 is 5.97 Å². The number of benzene rings is 2. The van der Waals surface area contributed by atoms with Gasteiger partial charge in [0.15, 0.2) is 5.75 Å². The first-order valence-corrected chi connectivity index (χ1v) is 6.26. The van der Waals surface area contributed by atoms with Crippen molar-refractivity contribution >= 4 is 17.4 Å². The van der Waals surface area contributed by atoms with E-state index in [9.17, 15) is 4.79 Å². The molecule has 2 aromatic rings. The molecule has 1 N–H and O–H groups in total. The lowest BCUT2D eigenvalue weighted by atomic mass is 10.1. The van der Waals surface area contributed by atoms with Crippen LogP contribution < -0.4 is 4.74 Å². The first-order chi connectivity index (χ1) is 9.54. The zero-order valence-electron chi connectivity index (χ0n) is 11.2. The predicted molar refractivity (Wildman–Crippen MR) is 76.5 cm³/mol. The van der Waals surface area contributed by atoms with Crippen LogP contribution >= 0.6 is 0 Å². The van der Waals surface area contributed by atoms with Crippen molar-refractivity contribution in [3.05, 3.63) is 53.1 Å². The summed E-state index contributed by atoms with van der Waals surface area (Å²) in [5.74, 6) is 0.338. The number of hydrogen-bond acceptors (Lipinski definition) is 3. The van der Waals surface area contributed by atoms with Crippen LogP contribution in [0.5, 0.6) is 11.5 Å². The van der Waals surface area contributed by atoms with Crippen molar-refractivity contribution in [2.24, 2.45) is 4.99 Å². The minimum atomic E-state index is -0.974. The lowest BCUT2D eigenvalue weighted by Crippen LogP contribution is -1.96. The van der Waals surface area contributed by atoms with E-state index in [1.807, 2.05) is 32.0 Å². The van der Waals surface area contributed by atoms with Crippen molar-refractivity contribution in [1.82, 2.24) is 0 Å². The Bertz CT molecular complexity index is 747. The maximum absolute atomic E-state index is 11.0. The van der Waals surface area contributed by atoms with Crippen LogP contribution in [0.2, 0.25) is 0 Å². The Kier molecular flexibility index (Phi) is 2.79. The highest BCUT2D eigenvalue weighted by Crippen LogP contribution is 2.38. The molecule has 4 heteroatoms. The molecule has 1 aliphatic heterocycles. The third-order valence-electron chi connectivity index (χ3n) is 3.24. The maximum atomic E-state index is 11.0. The second-order valence-electron chi connectivity index (χ2n) is 4.79. The SMILES string of the molecule is CC1=Nc2cc(C(=O)O)ccc2Oc2cc(C)ccc21. The van der Waals surface area contributed by atoms with Crippen LogP contribution in [0, 0.1) is 6.92 Å². The molecule has 0 spiro atoms. The smallest absolute Gasteiger partial charge is 0.335 e. The molecule has 0 radical (unpaired) electrons. The Morgan fingerprint density at radius 3 is 2.65 bits per heavy atom. The predicted octanol–water partition coefficient (Wildman–Crippen LogP) is 3.94. The number of rotatable bonds is 1. The summed E-state index contributed by atoms with van der Waals surface area (Å²) in [7, 11) is 0. The van der Waals surface area contributed by atoms with Crippen molar-refractivity contribution in [1.29, 1.82) is 0 Å².